The van der Waals surface area contributed by atoms with Crippen LogP contribution in [0.4, 0.5) is 5.82 Å². The highest BCUT2D eigenvalue weighted by Crippen LogP contribution is 2.13. The molecule has 1 amide bonds. The Labute approximate surface area is 137 Å². The number of hydrogen-bond donors (Lipinski definition) is 3. The van der Waals surface area contributed by atoms with Crippen LogP contribution in [-0.4, -0.2) is 59.5 Å². The zero-order chi connectivity index (χ0) is 16.1. The van der Waals surface area contributed by atoms with Gasteiger partial charge in [-0.2, -0.15) is 0 Å². The summed E-state index contributed by atoms with van der Waals surface area (Å²) >= 11 is 0. The fourth-order valence-electron chi connectivity index (χ4n) is 3.25. The predicted molar refractivity (Wildman–Crippen MR) is 89.2 cm³/mol. The molecule has 2 aliphatic rings. The molecule has 0 bridgehead atoms. The van der Waals surface area contributed by atoms with E-state index in [4.69, 9.17) is 5.73 Å². The van der Waals surface area contributed by atoms with Gasteiger partial charge in [0.25, 0.3) is 5.91 Å². The first-order valence-corrected chi connectivity index (χ1v) is 8.54. The molecular formula is C16H26N6O. The van der Waals surface area contributed by atoms with E-state index in [1.54, 1.807) is 17.3 Å². The lowest BCUT2D eigenvalue weighted by Crippen LogP contribution is -2.45. The van der Waals surface area contributed by atoms with Crippen LogP contribution in [0.5, 0.6) is 0 Å². The zero-order valence-electron chi connectivity index (χ0n) is 13.5. The minimum Gasteiger partial charge on any atom is -0.369 e. The van der Waals surface area contributed by atoms with Gasteiger partial charge in [0.05, 0.1) is 12.4 Å². The van der Waals surface area contributed by atoms with Crippen LogP contribution in [0.2, 0.25) is 0 Å². The number of hydrogen-bond acceptors (Lipinski definition) is 6. The largest absolute Gasteiger partial charge is 0.369 e. The number of aromatic nitrogens is 2. The summed E-state index contributed by atoms with van der Waals surface area (Å²) in [5.74, 6) is 1.40. The van der Waals surface area contributed by atoms with Gasteiger partial charge in [-0.3, -0.25) is 4.79 Å². The van der Waals surface area contributed by atoms with Crippen molar-refractivity contribution in [3.8, 4) is 0 Å². The topological polar surface area (TPSA) is 96.2 Å². The maximum absolute atomic E-state index is 12.4. The maximum atomic E-state index is 12.4. The third-order valence-electron chi connectivity index (χ3n) is 4.64. The van der Waals surface area contributed by atoms with Crippen LogP contribution in [0.25, 0.3) is 0 Å². The van der Waals surface area contributed by atoms with Crippen LogP contribution in [0, 0.1) is 5.92 Å². The van der Waals surface area contributed by atoms with Crippen LogP contribution in [0.15, 0.2) is 12.4 Å². The molecule has 2 aliphatic heterocycles. The number of anilines is 1. The molecule has 0 saturated carbocycles. The standard InChI is InChI=1S/C16H26N6O/c17-13-2-1-7-22(11-13)16(23)14-9-21-15(10-20-14)19-6-4-12-3-5-18-8-12/h9-10,12-13,18H,1-8,11,17H2,(H,19,21)/t12-,13?/m1/s1. The SMILES string of the molecule is NC1CCCN(C(=O)c2cnc(NCC[C@H]3CCNC3)cn2)C1. The molecule has 2 atom stereocenters. The number of nitrogens with zero attached hydrogens (tertiary/aromatic N) is 3. The average Bonchev–Trinajstić information content (AvgIpc) is 3.08. The maximum Gasteiger partial charge on any atom is 0.274 e. The Morgan fingerprint density at radius 2 is 2.30 bits per heavy atom. The first-order chi connectivity index (χ1) is 11.2. The zero-order valence-corrected chi connectivity index (χ0v) is 13.5. The first kappa shape index (κ1) is 16.1. The van der Waals surface area contributed by atoms with E-state index in [-0.39, 0.29) is 11.9 Å². The number of carbonyl (C=O) groups excluding carboxylic acids is 1. The number of amides is 1. The molecule has 3 rings (SSSR count). The molecule has 1 aromatic rings. The highest BCUT2D eigenvalue weighted by atomic mass is 16.2. The molecular weight excluding hydrogens is 292 g/mol. The highest BCUT2D eigenvalue weighted by molar-refractivity contribution is 5.92. The fraction of sp³-hybridized carbons (Fsp3) is 0.688. The number of nitrogens with one attached hydrogen (secondary N) is 2. The Morgan fingerprint density at radius 1 is 1.39 bits per heavy atom. The molecule has 1 unspecified atom stereocenters. The van der Waals surface area contributed by atoms with Crippen molar-refractivity contribution in [2.45, 2.75) is 31.7 Å². The summed E-state index contributed by atoms with van der Waals surface area (Å²) in [7, 11) is 0. The monoisotopic (exact) mass is 318 g/mol. The van der Waals surface area contributed by atoms with Gasteiger partial charge in [-0.05, 0) is 44.7 Å². The normalized spacial score (nSPS) is 24.7. The quantitative estimate of drug-likeness (QED) is 0.729. The van der Waals surface area contributed by atoms with Crippen molar-refractivity contribution in [3.63, 3.8) is 0 Å². The fourth-order valence-corrected chi connectivity index (χ4v) is 3.25. The number of likely N-dealkylation sites (tertiary alicyclic amines) is 1. The molecule has 3 heterocycles. The third-order valence-corrected chi connectivity index (χ3v) is 4.64. The Morgan fingerprint density at radius 3 is 3.00 bits per heavy atom. The molecule has 7 nitrogen and oxygen atoms in total. The Kier molecular flexibility index (Phi) is 5.40. The Balaban J connectivity index is 1.48. The van der Waals surface area contributed by atoms with Crippen LogP contribution in [0.3, 0.4) is 0 Å². The van der Waals surface area contributed by atoms with Gasteiger partial charge >= 0.3 is 0 Å². The molecule has 2 saturated heterocycles. The van der Waals surface area contributed by atoms with Crippen molar-refractivity contribution >= 4 is 11.7 Å². The van der Waals surface area contributed by atoms with Gasteiger partial charge in [0.1, 0.15) is 11.5 Å². The van der Waals surface area contributed by atoms with Gasteiger partial charge in [0, 0.05) is 25.7 Å². The first-order valence-electron chi connectivity index (χ1n) is 8.54. The number of rotatable bonds is 5. The van der Waals surface area contributed by atoms with Gasteiger partial charge in [-0.25, -0.2) is 9.97 Å². The van der Waals surface area contributed by atoms with Gasteiger partial charge in [0.15, 0.2) is 0 Å². The van der Waals surface area contributed by atoms with Gasteiger partial charge in [-0.1, -0.05) is 0 Å². The molecule has 0 aromatic carbocycles. The lowest BCUT2D eigenvalue weighted by molar-refractivity contribution is 0.0702. The third kappa shape index (κ3) is 4.39. The summed E-state index contributed by atoms with van der Waals surface area (Å²) in [6.45, 7) is 4.48. The molecule has 0 spiro atoms. The van der Waals surface area contributed by atoms with E-state index in [0.29, 0.717) is 12.2 Å². The van der Waals surface area contributed by atoms with Crippen molar-refractivity contribution in [3.05, 3.63) is 18.1 Å². The Bertz CT molecular complexity index is 514. The van der Waals surface area contributed by atoms with E-state index in [9.17, 15) is 4.79 Å². The molecule has 23 heavy (non-hydrogen) atoms. The second kappa shape index (κ2) is 7.70. The summed E-state index contributed by atoms with van der Waals surface area (Å²) in [6.07, 6.45) is 7.51. The minimum atomic E-state index is -0.0729. The van der Waals surface area contributed by atoms with Gasteiger partial charge in [-0.15, -0.1) is 0 Å². The van der Waals surface area contributed by atoms with Crippen LogP contribution in [0.1, 0.15) is 36.2 Å². The van der Waals surface area contributed by atoms with Crippen molar-refractivity contribution in [1.82, 2.24) is 20.2 Å². The van der Waals surface area contributed by atoms with E-state index in [0.717, 1.165) is 57.2 Å². The summed E-state index contributed by atoms with van der Waals surface area (Å²) in [6, 6.07) is 0.0756. The van der Waals surface area contributed by atoms with E-state index in [2.05, 4.69) is 20.6 Å². The molecule has 0 aliphatic carbocycles. The Hall–Kier alpha value is -1.73. The number of piperidine rings is 1. The van der Waals surface area contributed by atoms with Crippen molar-refractivity contribution in [2.75, 3.05) is 38.0 Å². The molecule has 2 fully saturated rings. The van der Waals surface area contributed by atoms with Crippen LogP contribution in [-0.2, 0) is 0 Å². The highest BCUT2D eigenvalue weighted by Gasteiger charge is 2.23. The number of carbonyl (C=O) groups is 1. The van der Waals surface area contributed by atoms with E-state index >= 15 is 0 Å². The van der Waals surface area contributed by atoms with Crippen molar-refractivity contribution < 1.29 is 4.79 Å². The smallest absolute Gasteiger partial charge is 0.274 e. The van der Waals surface area contributed by atoms with Crippen LogP contribution >= 0.6 is 0 Å². The van der Waals surface area contributed by atoms with Crippen LogP contribution < -0.4 is 16.4 Å². The molecule has 7 heteroatoms. The summed E-state index contributed by atoms with van der Waals surface area (Å²) in [4.78, 5) is 22.7. The van der Waals surface area contributed by atoms with E-state index in [1.807, 2.05) is 0 Å². The second-order valence-corrected chi connectivity index (χ2v) is 6.51. The molecule has 4 N–H and O–H groups in total. The van der Waals surface area contributed by atoms with E-state index < -0.39 is 0 Å². The summed E-state index contributed by atoms with van der Waals surface area (Å²) in [5.41, 5.74) is 6.32. The molecule has 1 aromatic heterocycles. The number of nitrogens with two attached hydrogens (primary N) is 1. The summed E-state index contributed by atoms with van der Waals surface area (Å²) in [5, 5.41) is 6.65. The molecule has 126 valence electrons. The lowest BCUT2D eigenvalue weighted by atomic mass is 10.1. The van der Waals surface area contributed by atoms with Crippen molar-refractivity contribution in [1.29, 1.82) is 0 Å². The summed E-state index contributed by atoms with van der Waals surface area (Å²) < 4.78 is 0. The van der Waals surface area contributed by atoms with Gasteiger partial charge in [0.2, 0.25) is 0 Å². The predicted octanol–water partition coefficient (Wildman–Crippen LogP) is 0.451. The average molecular weight is 318 g/mol. The van der Waals surface area contributed by atoms with Crippen molar-refractivity contribution in [2.24, 2.45) is 11.7 Å². The second-order valence-electron chi connectivity index (χ2n) is 6.51. The lowest BCUT2D eigenvalue weighted by Gasteiger charge is -2.30. The molecule has 0 radical (unpaired) electrons. The minimum absolute atomic E-state index is 0.0729. The van der Waals surface area contributed by atoms with Gasteiger partial charge < -0.3 is 21.3 Å². The van der Waals surface area contributed by atoms with E-state index in [1.165, 1.54) is 6.42 Å².